The SMILES string of the molecule is CCc1ncc(C2Oc3cc(-c4cnc([C@@H]5CCCN5C(=O)C(NC(=O)OC)C(C)C)[nH]4)cc(F)c3-c3cc4cc(-c5cnc([C@@H]6CCCN6C(=O)C(NC(=O)OC)C(C)C)[nH]5)ccc4n32)s1. The zero-order chi connectivity index (χ0) is 47.3. The molecule has 2 saturated heterocycles. The number of hydrogen-bond donors (Lipinski definition) is 4. The Kier molecular flexibility index (Phi) is 12.5. The lowest BCUT2D eigenvalue weighted by Gasteiger charge is -2.30. The number of carbonyl (C=O) groups is 4. The smallest absolute Gasteiger partial charge is 0.407 e. The number of H-pyrrole nitrogens is 2. The van der Waals surface area contributed by atoms with Gasteiger partial charge in [-0.1, -0.05) is 40.7 Å². The molecule has 0 saturated carbocycles. The highest BCUT2D eigenvalue weighted by Gasteiger charge is 2.40. The number of halogens is 1. The molecule has 2 aromatic carbocycles. The van der Waals surface area contributed by atoms with Crippen LogP contribution in [0, 0.1) is 17.7 Å². The van der Waals surface area contributed by atoms with Crippen molar-refractivity contribution >= 4 is 46.2 Å². The summed E-state index contributed by atoms with van der Waals surface area (Å²) in [6.45, 7) is 10.6. The van der Waals surface area contributed by atoms with Crippen LogP contribution in [0.1, 0.15) is 100 Å². The number of alkyl carbamates (subject to hydrolysis) is 2. The highest BCUT2D eigenvalue weighted by molar-refractivity contribution is 7.11. The number of amides is 4. The molecule has 3 unspecified atom stereocenters. The second kappa shape index (κ2) is 18.5. The maximum atomic E-state index is 16.8. The summed E-state index contributed by atoms with van der Waals surface area (Å²) in [5.74, 6) is 0.365. The number of aromatic amines is 2. The number of aryl methyl sites for hydroxylation is 1. The van der Waals surface area contributed by atoms with Crippen molar-refractivity contribution in [1.29, 1.82) is 0 Å². The number of ether oxygens (including phenoxy) is 3. The summed E-state index contributed by atoms with van der Waals surface area (Å²) in [5.41, 5.74) is 4.50. The number of imidazole rings is 2. The van der Waals surface area contributed by atoms with E-state index in [2.05, 4.69) is 30.6 Å². The Morgan fingerprint density at radius 3 is 1.93 bits per heavy atom. The molecule has 19 heteroatoms. The van der Waals surface area contributed by atoms with Gasteiger partial charge in [-0.15, -0.1) is 11.3 Å². The molecule has 0 radical (unpaired) electrons. The molecule has 7 heterocycles. The quantitative estimate of drug-likeness (QED) is 0.0926. The zero-order valence-electron chi connectivity index (χ0n) is 38.5. The van der Waals surface area contributed by atoms with Crippen molar-refractivity contribution in [2.75, 3.05) is 27.3 Å². The van der Waals surface area contributed by atoms with E-state index in [9.17, 15) is 19.2 Å². The van der Waals surface area contributed by atoms with Crippen LogP contribution in [0.15, 0.2) is 55.0 Å². The van der Waals surface area contributed by atoms with Crippen molar-refractivity contribution in [1.82, 2.24) is 49.9 Å². The molecule has 0 aliphatic carbocycles. The average molecular weight is 935 g/mol. The number of aromatic nitrogens is 6. The van der Waals surface area contributed by atoms with Crippen molar-refractivity contribution in [3.05, 3.63) is 82.3 Å². The Hall–Kier alpha value is -6.76. The lowest BCUT2D eigenvalue weighted by Crippen LogP contribution is -2.51. The maximum absolute atomic E-state index is 16.8. The fourth-order valence-corrected chi connectivity index (χ4v) is 10.5. The number of likely N-dealkylation sites (tertiary alicyclic amines) is 2. The van der Waals surface area contributed by atoms with Crippen molar-refractivity contribution in [2.24, 2.45) is 11.8 Å². The molecule has 4 amide bonds. The van der Waals surface area contributed by atoms with Crippen molar-refractivity contribution in [2.45, 2.75) is 97.1 Å². The predicted molar refractivity (Wildman–Crippen MR) is 248 cm³/mol. The average Bonchev–Trinajstić information content (AvgIpc) is 4.18. The summed E-state index contributed by atoms with van der Waals surface area (Å²) in [5, 5.41) is 7.19. The number of rotatable bonds is 12. The molecule has 6 aromatic rings. The lowest BCUT2D eigenvalue weighted by atomic mass is 10.0. The summed E-state index contributed by atoms with van der Waals surface area (Å²) in [4.78, 5) is 77.1. The van der Waals surface area contributed by atoms with Crippen LogP contribution in [0.4, 0.5) is 14.0 Å². The molecule has 0 spiro atoms. The largest absolute Gasteiger partial charge is 0.464 e. The Bertz CT molecular complexity index is 2850. The zero-order valence-corrected chi connectivity index (χ0v) is 39.3. The highest BCUT2D eigenvalue weighted by atomic mass is 32.1. The molecule has 4 N–H and O–H groups in total. The van der Waals surface area contributed by atoms with Gasteiger partial charge in [-0.2, -0.15) is 0 Å². The van der Waals surface area contributed by atoms with Gasteiger partial charge in [0.1, 0.15) is 35.3 Å². The van der Waals surface area contributed by atoms with E-state index >= 15 is 4.39 Å². The van der Waals surface area contributed by atoms with Gasteiger partial charge in [0.05, 0.1) is 76.7 Å². The van der Waals surface area contributed by atoms with Gasteiger partial charge in [-0.05, 0) is 74.3 Å². The minimum Gasteiger partial charge on any atom is -0.464 e. The van der Waals surface area contributed by atoms with Crippen LogP contribution in [-0.4, -0.2) is 103 Å². The summed E-state index contributed by atoms with van der Waals surface area (Å²) in [6, 6.07) is 9.12. The minimum atomic E-state index is -0.774. The first-order chi connectivity index (χ1) is 32.3. The number of thiazole rings is 1. The molecule has 3 aliphatic heterocycles. The summed E-state index contributed by atoms with van der Waals surface area (Å²) in [6.07, 6.45) is 6.95. The molecule has 17 nitrogen and oxygen atoms in total. The minimum absolute atomic E-state index is 0.154. The third kappa shape index (κ3) is 8.49. The van der Waals surface area contributed by atoms with Gasteiger partial charge in [0, 0.05) is 35.8 Å². The molecule has 352 valence electrons. The van der Waals surface area contributed by atoms with Crippen LogP contribution in [0.5, 0.6) is 5.75 Å². The Morgan fingerprint density at radius 2 is 1.39 bits per heavy atom. The molecule has 4 aromatic heterocycles. The molecular formula is C48H55FN10O7S. The molecule has 3 aliphatic rings. The Morgan fingerprint density at radius 1 is 0.806 bits per heavy atom. The van der Waals surface area contributed by atoms with E-state index < -0.39 is 36.3 Å². The van der Waals surface area contributed by atoms with E-state index in [1.165, 1.54) is 20.3 Å². The van der Waals surface area contributed by atoms with Crippen LogP contribution in [0.2, 0.25) is 0 Å². The Labute approximate surface area is 390 Å². The van der Waals surface area contributed by atoms with Crippen LogP contribution < -0.4 is 15.4 Å². The van der Waals surface area contributed by atoms with E-state index in [1.807, 2.05) is 75.7 Å². The van der Waals surface area contributed by atoms with E-state index in [4.69, 9.17) is 19.2 Å². The third-order valence-corrected chi connectivity index (χ3v) is 14.2. The van der Waals surface area contributed by atoms with E-state index in [0.717, 1.165) is 57.7 Å². The number of methoxy groups -OCH3 is 2. The lowest BCUT2D eigenvalue weighted by molar-refractivity contribution is -0.136. The van der Waals surface area contributed by atoms with Gasteiger partial charge >= 0.3 is 12.2 Å². The standard InChI is InChI=1S/C48H55FN10O7S/c1-8-38-50-23-37(67-38)46-59-32-14-13-26(30-21-51-42(53-30)33-11-9-15-57(33)44(60)40(24(2)3)55-47(62)64-6)17-28(32)19-35(59)39-29(49)18-27(20-36(39)66-46)31-22-52-43(54-31)34-12-10-16-58(34)45(61)41(25(4)5)56-48(63)65-7/h13-14,17-25,33-34,40-41,46H,8-12,15-16H2,1-7H3,(H,51,53)(H,52,54)(H,55,62)(H,56,63)/t33-,34-,40?,41?,46?/m0/s1. The molecule has 2 fully saturated rings. The van der Waals surface area contributed by atoms with Crippen LogP contribution >= 0.6 is 11.3 Å². The van der Waals surface area contributed by atoms with Gasteiger partial charge in [0.25, 0.3) is 0 Å². The van der Waals surface area contributed by atoms with Gasteiger partial charge in [0.15, 0.2) is 0 Å². The second-order valence-electron chi connectivity index (χ2n) is 17.9. The normalized spacial score (nSPS) is 18.7. The predicted octanol–water partition coefficient (Wildman–Crippen LogP) is 8.27. The number of fused-ring (bicyclic) bond motifs is 5. The first kappa shape index (κ1) is 45.4. The van der Waals surface area contributed by atoms with Gasteiger partial charge in [-0.3, -0.25) is 14.2 Å². The Balaban J connectivity index is 1.03. The first-order valence-corrected chi connectivity index (χ1v) is 23.6. The topological polar surface area (TPSA) is 202 Å². The van der Waals surface area contributed by atoms with E-state index in [-0.39, 0.29) is 35.7 Å². The van der Waals surface area contributed by atoms with Crippen molar-refractivity contribution < 1.29 is 37.8 Å². The number of benzene rings is 2. The number of nitrogens with zero attached hydrogens (tertiary/aromatic N) is 6. The number of carbonyl (C=O) groups excluding carboxylic acids is 4. The van der Waals surface area contributed by atoms with Crippen LogP contribution in [0.25, 0.3) is 44.7 Å². The second-order valence-corrected chi connectivity index (χ2v) is 19.1. The van der Waals surface area contributed by atoms with Crippen molar-refractivity contribution in [3.8, 4) is 39.5 Å². The number of hydrogen-bond acceptors (Lipinski definition) is 11. The van der Waals surface area contributed by atoms with Gasteiger partial charge in [0.2, 0.25) is 18.0 Å². The summed E-state index contributed by atoms with van der Waals surface area (Å²) >= 11 is 1.55. The highest BCUT2D eigenvalue weighted by Crippen LogP contribution is 2.48. The van der Waals surface area contributed by atoms with Gasteiger partial charge < -0.3 is 44.6 Å². The third-order valence-electron chi connectivity index (χ3n) is 13.0. The summed E-state index contributed by atoms with van der Waals surface area (Å²) in [7, 11) is 2.54. The van der Waals surface area contributed by atoms with Crippen LogP contribution in [0.3, 0.4) is 0 Å². The van der Waals surface area contributed by atoms with Crippen LogP contribution in [-0.2, 0) is 25.5 Å². The number of nitrogens with one attached hydrogen (secondary N) is 4. The van der Waals surface area contributed by atoms with Gasteiger partial charge in [-0.25, -0.2) is 28.9 Å². The van der Waals surface area contributed by atoms with Crippen molar-refractivity contribution in [3.63, 3.8) is 0 Å². The monoisotopic (exact) mass is 934 g/mol. The van der Waals surface area contributed by atoms with E-state index in [1.54, 1.807) is 33.5 Å². The molecule has 67 heavy (non-hydrogen) atoms. The fourth-order valence-electron chi connectivity index (χ4n) is 9.58. The molecule has 0 bridgehead atoms. The molecular weight excluding hydrogens is 880 g/mol. The van der Waals surface area contributed by atoms with E-state index in [0.29, 0.717) is 59.4 Å². The molecule has 9 rings (SSSR count). The summed E-state index contributed by atoms with van der Waals surface area (Å²) < 4.78 is 35.2. The molecule has 5 atom stereocenters. The maximum Gasteiger partial charge on any atom is 0.407 e. The fraction of sp³-hybridized carbons (Fsp3) is 0.438. The first-order valence-electron chi connectivity index (χ1n) is 22.8.